The van der Waals surface area contributed by atoms with E-state index < -0.39 is 0 Å². The Morgan fingerprint density at radius 3 is 2.96 bits per heavy atom. The maximum atomic E-state index is 12.0. The van der Waals surface area contributed by atoms with Crippen LogP contribution < -0.4 is 4.74 Å². The number of amides is 1. The van der Waals surface area contributed by atoms with Gasteiger partial charge in [-0.15, -0.1) is 0 Å². The molecule has 0 aliphatic carbocycles. The molecule has 0 radical (unpaired) electrons. The number of benzene rings is 1. The lowest BCUT2D eigenvalue weighted by atomic mass is 9.94. The fourth-order valence-electron chi connectivity index (χ4n) is 3.27. The van der Waals surface area contributed by atoms with Gasteiger partial charge in [-0.1, -0.05) is 12.1 Å². The number of aromatic nitrogens is 2. The van der Waals surface area contributed by atoms with Crippen LogP contribution in [0, 0.1) is 0 Å². The van der Waals surface area contributed by atoms with Gasteiger partial charge in [0.1, 0.15) is 5.75 Å². The van der Waals surface area contributed by atoms with E-state index in [1.54, 1.807) is 32.3 Å². The fourth-order valence-corrected chi connectivity index (χ4v) is 3.27. The lowest BCUT2D eigenvalue weighted by Crippen LogP contribution is -2.41. The van der Waals surface area contributed by atoms with Crippen molar-refractivity contribution in [2.45, 2.75) is 18.8 Å². The van der Waals surface area contributed by atoms with E-state index in [9.17, 15) is 4.79 Å². The van der Waals surface area contributed by atoms with Gasteiger partial charge in [0, 0.05) is 38.3 Å². The molecule has 1 atom stereocenters. The van der Waals surface area contributed by atoms with Crippen molar-refractivity contribution in [3.63, 3.8) is 0 Å². The summed E-state index contributed by atoms with van der Waals surface area (Å²) < 4.78 is 5.30. The fraction of sp³-hybridized carbons (Fsp3) is 0.450. The Kier molecular flexibility index (Phi) is 5.83. The summed E-state index contributed by atoms with van der Waals surface area (Å²) in [5, 5.41) is 0. The Hall–Kier alpha value is -2.47. The van der Waals surface area contributed by atoms with Gasteiger partial charge >= 0.3 is 0 Å². The standard InChI is InChI=1S/C20H26N4O2/c1-23(2)20(25)14-24-9-5-7-16(13-24)19-12-21-11-18(22-19)15-6-4-8-17(10-15)26-3/h4,6,8,10-12,16H,5,7,9,13-14H2,1-3H3. The van der Waals surface area contributed by atoms with Gasteiger partial charge in [-0.2, -0.15) is 0 Å². The summed E-state index contributed by atoms with van der Waals surface area (Å²) in [6.07, 6.45) is 5.78. The highest BCUT2D eigenvalue weighted by atomic mass is 16.5. The van der Waals surface area contributed by atoms with E-state index in [1.807, 2.05) is 30.5 Å². The third-order valence-corrected chi connectivity index (χ3v) is 4.80. The first kappa shape index (κ1) is 18.3. The van der Waals surface area contributed by atoms with Crippen molar-refractivity contribution in [3.8, 4) is 17.0 Å². The maximum Gasteiger partial charge on any atom is 0.236 e. The third kappa shape index (κ3) is 4.38. The van der Waals surface area contributed by atoms with E-state index in [0.29, 0.717) is 12.5 Å². The van der Waals surface area contributed by atoms with E-state index in [-0.39, 0.29) is 5.91 Å². The Labute approximate surface area is 154 Å². The molecule has 1 unspecified atom stereocenters. The average molecular weight is 354 g/mol. The number of likely N-dealkylation sites (N-methyl/N-ethyl adjacent to an activating group) is 1. The van der Waals surface area contributed by atoms with Crippen molar-refractivity contribution >= 4 is 5.91 Å². The van der Waals surface area contributed by atoms with Crippen LogP contribution in [-0.4, -0.2) is 66.5 Å². The molecule has 6 nitrogen and oxygen atoms in total. The largest absolute Gasteiger partial charge is 0.497 e. The second kappa shape index (κ2) is 8.27. The second-order valence-electron chi connectivity index (χ2n) is 6.92. The summed E-state index contributed by atoms with van der Waals surface area (Å²) in [6, 6.07) is 7.86. The van der Waals surface area contributed by atoms with Gasteiger partial charge in [0.25, 0.3) is 0 Å². The highest BCUT2D eigenvalue weighted by Crippen LogP contribution is 2.28. The van der Waals surface area contributed by atoms with Gasteiger partial charge in [-0.25, -0.2) is 4.98 Å². The maximum absolute atomic E-state index is 12.0. The normalized spacial score (nSPS) is 17.7. The third-order valence-electron chi connectivity index (χ3n) is 4.80. The SMILES string of the molecule is COc1cccc(-c2cncc(C3CCCN(CC(=O)N(C)C)C3)n2)c1. The number of piperidine rings is 1. The van der Waals surface area contributed by atoms with Gasteiger partial charge in [0.2, 0.25) is 5.91 Å². The number of likely N-dealkylation sites (tertiary alicyclic amines) is 1. The van der Waals surface area contributed by atoms with Crippen molar-refractivity contribution in [1.29, 1.82) is 0 Å². The summed E-state index contributed by atoms with van der Waals surface area (Å²) in [6.45, 7) is 2.27. The van der Waals surface area contributed by atoms with Crippen LogP contribution in [0.5, 0.6) is 5.75 Å². The summed E-state index contributed by atoms with van der Waals surface area (Å²) in [5.74, 6) is 1.25. The smallest absolute Gasteiger partial charge is 0.236 e. The van der Waals surface area contributed by atoms with Crippen LogP contribution in [0.1, 0.15) is 24.5 Å². The Balaban J connectivity index is 1.76. The van der Waals surface area contributed by atoms with Gasteiger partial charge < -0.3 is 9.64 Å². The van der Waals surface area contributed by atoms with Crippen molar-refractivity contribution in [2.75, 3.05) is 40.8 Å². The first-order valence-corrected chi connectivity index (χ1v) is 8.95. The summed E-state index contributed by atoms with van der Waals surface area (Å²) in [4.78, 5) is 25.1. The molecular weight excluding hydrogens is 328 g/mol. The number of hydrogen-bond donors (Lipinski definition) is 0. The number of hydrogen-bond acceptors (Lipinski definition) is 5. The molecule has 1 aliphatic heterocycles. The molecule has 0 saturated carbocycles. The minimum atomic E-state index is 0.141. The Morgan fingerprint density at radius 1 is 1.35 bits per heavy atom. The monoisotopic (exact) mass is 354 g/mol. The molecule has 1 fully saturated rings. The van der Waals surface area contributed by atoms with Gasteiger partial charge in [0.15, 0.2) is 0 Å². The van der Waals surface area contributed by atoms with Crippen molar-refractivity contribution < 1.29 is 9.53 Å². The molecule has 2 aromatic rings. The van der Waals surface area contributed by atoms with Crippen molar-refractivity contribution in [3.05, 3.63) is 42.4 Å². The molecule has 1 saturated heterocycles. The Morgan fingerprint density at radius 2 is 2.19 bits per heavy atom. The lowest BCUT2D eigenvalue weighted by Gasteiger charge is -2.32. The zero-order valence-electron chi connectivity index (χ0n) is 15.7. The molecule has 138 valence electrons. The molecule has 1 aromatic heterocycles. The molecular formula is C20H26N4O2. The number of carbonyl (C=O) groups is 1. The van der Waals surface area contributed by atoms with Gasteiger partial charge in [-0.3, -0.25) is 14.7 Å². The molecule has 6 heteroatoms. The quantitative estimate of drug-likeness (QED) is 0.825. The van der Waals surface area contributed by atoms with E-state index in [1.165, 1.54) is 0 Å². The first-order chi connectivity index (χ1) is 12.6. The van der Waals surface area contributed by atoms with E-state index in [4.69, 9.17) is 9.72 Å². The average Bonchev–Trinajstić information content (AvgIpc) is 2.68. The number of methoxy groups -OCH3 is 1. The molecule has 2 heterocycles. The van der Waals surface area contributed by atoms with Crippen molar-refractivity contribution in [2.24, 2.45) is 0 Å². The predicted molar refractivity (Wildman–Crippen MR) is 101 cm³/mol. The number of rotatable bonds is 5. The lowest BCUT2D eigenvalue weighted by molar-refractivity contribution is -0.130. The van der Waals surface area contributed by atoms with Crippen LogP contribution in [0.25, 0.3) is 11.3 Å². The van der Waals surface area contributed by atoms with Crippen LogP contribution in [0.3, 0.4) is 0 Å². The van der Waals surface area contributed by atoms with E-state index >= 15 is 0 Å². The number of nitrogens with zero attached hydrogens (tertiary/aromatic N) is 4. The molecule has 1 amide bonds. The molecule has 26 heavy (non-hydrogen) atoms. The molecule has 3 rings (SSSR count). The van der Waals surface area contributed by atoms with E-state index in [2.05, 4.69) is 9.88 Å². The van der Waals surface area contributed by atoms with Crippen LogP contribution >= 0.6 is 0 Å². The molecule has 0 spiro atoms. The zero-order valence-corrected chi connectivity index (χ0v) is 15.7. The molecule has 1 aliphatic rings. The van der Waals surface area contributed by atoms with E-state index in [0.717, 1.165) is 48.6 Å². The summed E-state index contributed by atoms with van der Waals surface area (Å²) in [5.41, 5.74) is 2.84. The molecule has 1 aromatic carbocycles. The van der Waals surface area contributed by atoms with Crippen LogP contribution in [0.2, 0.25) is 0 Å². The predicted octanol–water partition coefficient (Wildman–Crippen LogP) is 2.42. The minimum Gasteiger partial charge on any atom is -0.497 e. The zero-order chi connectivity index (χ0) is 18.5. The van der Waals surface area contributed by atoms with Crippen LogP contribution in [0.15, 0.2) is 36.7 Å². The summed E-state index contributed by atoms with van der Waals surface area (Å²) in [7, 11) is 5.26. The van der Waals surface area contributed by atoms with Crippen LogP contribution in [0.4, 0.5) is 0 Å². The van der Waals surface area contributed by atoms with Gasteiger partial charge in [-0.05, 0) is 31.5 Å². The second-order valence-corrected chi connectivity index (χ2v) is 6.92. The molecule has 0 N–H and O–H groups in total. The van der Waals surface area contributed by atoms with Crippen molar-refractivity contribution in [1.82, 2.24) is 19.8 Å². The minimum absolute atomic E-state index is 0.141. The topological polar surface area (TPSA) is 58.6 Å². The Bertz CT molecular complexity index is 763. The summed E-state index contributed by atoms with van der Waals surface area (Å²) >= 11 is 0. The molecule has 0 bridgehead atoms. The number of carbonyl (C=O) groups excluding carboxylic acids is 1. The highest BCUT2D eigenvalue weighted by Gasteiger charge is 2.24. The highest BCUT2D eigenvalue weighted by molar-refractivity contribution is 5.77. The number of ether oxygens (including phenoxy) is 1. The first-order valence-electron chi connectivity index (χ1n) is 8.95. The van der Waals surface area contributed by atoms with Gasteiger partial charge in [0.05, 0.1) is 31.2 Å². The van der Waals surface area contributed by atoms with Crippen LogP contribution in [-0.2, 0) is 4.79 Å².